The van der Waals surface area contributed by atoms with Gasteiger partial charge in [0.1, 0.15) is 0 Å². The molecule has 0 unspecified atom stereocenters. The molecule has 0 spiro atoms. The Balaban J connectivity index is 2.06. The number of nitrogens with one attached hydrogen (secondary N) is 1. The molecular weight excluding hydrogens is 218 g/mol. The summed E-state index contributed by atoms with van der Waals surface area (Å²) in [7, 11) is 1.54. The summed E-state index contributed by atoms with van der Waals surface area (Å²) in [6.07, 6.45) is 6.89. The number of nitrogens with zero attached hydrogens (tertiary/aromatic N) is 4. The molecule has 6 nitrogen and oxygen atoms in total. The van der Waals surface area contributed by atoms with Crippen LogP contribution in [0.3, 0.4) is 0 Å². The highest BCUT2D eigenvalue weighted by atomic mass is 16.5. The third kappa shape index (κ3) is 1.69. The van der Waals surface area contributed by atoms with E-state index in [4.69, 9.17) is 4.74 Å². The van der Waals surface area contributed by atoms with Crippen LogP contribution in [0.2, 0.25) is 0 Å². The van der Waals surface area contributed by atoms with Crippen LogP contribution in [-0.4, -0.2) is 32.3 Å². The quantitative estimate of drug-likeness (QED) is 0.716. The van der Waals surface area contributed by atoms with E-state index in [1.165, 1.54) is 7.11 Å². The monoisotopic (exact) mass is 227 g/mol. The Morgan fingerprint density at radius 3 is 2.53 bits per heavy atom. The summed E-state index contributed by atoms with van der Waals surface area (Å²) in [5.74, 6) is 0. The van der Waals surface area contributed by atoms with Crippen LogP contribution in [0.5, 0.6) is 6.01 Å². The number of ether oxygens (including phenoxy) is 1. The van der Waals surface area contributed by atoms with Gasteiger partial charge in [-0.1, -0.05) is 0 Å². The molecule has 3 rings (SSSR count). The van der Waals surface area contributed by atoms with E-state index >= 15 is 0 Å². The molecule has 3 aromatic heterocycles. The molecule has 0 bridgehead atoms. The van der Waals surface area contributed by atoms with Gasteiger partial charge in [-0.2, -0.15) is 5.10 Å². The van der Waals surface area contributed by atoms with Crippen molar-refractivity contribution >= 4 is 11.0 Å². The van der Waals surface area contributed by atoms with Crippen molar-refractivity contribution in [1.82, 2.24) is 25.1 Å². The Hall–Kier alpha value is -2.50. The lowest BCUT2D eigenvalue weighted by molar-refractivity contribution is 0.380. The van der Waals surface area contributed by atoms with Crippen LogP contribution < -0.4 is 4.74 Å². The smallest absolute Gasteiger partial charge is 0.316 e. The highest BCUT2D eigenvalue weighted by Gasteiger charge is 2.03. The minimum atomic E-state index is 0.353. The van der Waals surface area contributed by atoms with E-state index in [1.54, 1.807) is 24.8 Å². The average Bonchev–Trinajstić information content (AvgIpc) is 2.86. The maximum atomic E-state index is 4.91. The first-order valence-corrected chi connectivity index (χ1v) is 5.02. The lowest BCUT2D eigenvalue weighted by Crippen LogP contribution is -1.91. The van der Waals surface area contributed by atoms with Crippen LogP contribution in [0.25, 0.3) is 22.2 Å². The number of methoxy groups -OCH3 is 1. The standard InChI is InChI=1S/C11H9N5O/c1-17-11-13-4-9(5-14-11)7-2-8-6-15-16-10(8)12-3-7/h2-6H,1H3,(H,12,15,16). The number of aromatic nitrogens is 5. The van der Waals surface area contributed by atoms with Gasteiger partial charge in [-0.15, -0.1) is 0 Å². The van der Waals surface area contributed by atoms with Gasteiger partial charge in [0, 0.05) is 35.1 Å². The lowest BCUT2D eigenvalue weighted by Gasteiger charge is -2.01. The summed E-state index contributed by atoms with van der Waals surface area (Å²) >= 11 is 0. The fourth-order valence-electron chi connectivity index (χ4n) is 1.57. The fourth-order valence-corrected chi connectivity index (χ4v) is 1.57. The zero-order valence-corrected chi connectivity index (χ0v) is 9.08. The molecule has 0 amide bonds. The normalized spacial score (nSPS) is 10.6. The number of aromatic amines is 1. The maximum absolute atomic E-state index is 4.91. The summed E-state index contributed by atoms with van der Waals surface area (Å²) < 4.78 is 4.91. The molecule has 0 aromatic carbocycles. The molecular formula is C11H9N5O. The second-order valence-electron chi connectivity index (χ2n) is 3.49. The van der Waals surface area contributed by atoms with E-state index in [0.29, 0.717) is 6.01 Å². The van der Waals surface area contributed by atoms with Gasteiger partial charge in [-0.05, 0) is 6.07 Å². The minimum absolute atomic E-state index is 0.353. The topological polar surface area (TPSA) is 76.6 Å². The maximum Gasteiger partial charge on any atom is 0.316 e. The average molecular weight is 227 g/mol. The second-order valence-corrected chi connectivity index (χ2v) is 3.49. The van der Waals surface area contributed by atoms with Gasteiger partial charge in [-0.3, -0.25) is 5.10 Å². The van der Waals surface area contributed by atoms with Crippen molar-refractivity contribution in [2.24, 2.45) is 0 Å². The number of rotatable bonds is 2. The molecule has 6 heteroatoms. The SMILES string of the molecule is COc1ncc(-c2cnc3[nH]ncc3c2)cn1. The summed E-state index contributed by atoms with van der Waals surface area (Å²) in [5.41, 5.74) is 2.60. The highest BCUT2D eigenvalue weighted by molar-refractivity contribution is 5.79. The third-order valence-corrected chi connectivity index (χ3v) is 2.44. The zero-order chi connectivity index (χ0) is 11.7. The lowest BCUT2D eigenvalue weighted by atomic mass is 10.1. The molecule has 0 saturated carbocycles. The van der Waals surface area contributed by atoms with Crippen molar-refractivity contribution in [3.05, 3.63) is 30.9 Å². The van der Waals surface area contributed by atoms with Gasteiger partial charge >= 0.3 is 6.01 Å². The van der Waals surface area contributed by atoms with Gasteiger partial charge in [0.05, 0.1) is 13.3 Å². The number of hydrogen-bond acceptors (Lipinski definition) is 5. The van der Waals surface area contributed by atoms with E-state index in [-0.39, 0.29) is 0 Å². The van der Waals surface area contributed by atoms with E-state index in [1.807, 2.05) is 6.07 Å². The molecule has 17 heavy (non-hydrogen) atoms. The molecule has 84 valence electrons. The van der Waals surface area contributed by atoms with Crippen LogP contribution in [0, 0.1) is 0 Å². The van der Waals surface area contributed by atoms with Gasteiger partial charge in [0.2, 0.25) is 0 Å². The van der Waals surface area contributed by atoms with Crippen molar-refractivity contribution in [3.63, 3.8) is 0 Å². The Labute approximate surface area is 96.7 Å². The van der Waals surface area contributed by atoms with E-state index < -0.39 is 0 Å². The highest BCUT2D eigenvalue weighted by Crippen LogP contribution is 2.20. The molecule has 0 aliphatic carbocycles. The number of fused-ring (bicyclic) bond motifs is 1. The van der Waals surface area contributed by atoms with E-state index in [2.05, 4.69) is 25.1 Å². The molecule has 0 saturated heterocycles. The molecule has 0 aliphatic rings. The van der Waals surface area contributed by atoms with Crippen molar-refractivity contribution in [2.45, 2.75) is 0 Å². The number of hydrogen-bond donors (Lipinski definition) is 1. The first-order chi connectivity index (χ1) is 8.36. The van der Waals surface area contributed by atoms with Gasteiger partial charge in [-0.25, -0.2) is 15.0 Å². The van der Waals surface area contributed by atoms with Crippen molar-refractivity contribution < 1.29 is 4.74 Å². The number of H-pyrrole nitrogens is 1. The zero-order valence-electron chi connectivity index (χ0n) is 9.08. The Morgan fingerprint density at radius 2 is 1.76 bits per heavy atom. The molecule has 1 N–H and O–H groups in total. The van der Waals surface area contributed by atoms with Crippen molar-refractivity contribution in [1.29, 1.82) is 0 Å². The largest absolute Gasteiger partial charge is 0.467 e. The predicted octanol–water partition coefficient (Wildman–Crippen LogP) is 1.42. The van der Waals surface area contributed by atoms with Gasteiger partial charge in [0.15, 0.2) is 5.65 Å². The predicted molar refractivity (Wildman–Crippen MR) is 61.5 cm³/mol. The summed E-state index contributed by atoms with van der Waals surface area (Å²) in [6.45, 7) is 0. The summed E-state index contributed by atoms with van der Waals surface area (Å²) in [5, 5.41) is 7.69. The minimum Gasteiger partial charge on any atom is -0.467 e. The van der Waals surface area contributed by atoms with Crippen LogP contribution >= 0.6 is 0 Å². The van der Waals surface area contributed by atoms with Crippen molar-refractivity contribution in [3.8, 4) is 17.1 Å². The first kappa shape index (κ1) is 9.71. The molecule has 0 atom stereocenters. The summed E-state index contributed by atoms with van der Waals surface area (Å²) in [4.78, 5) is 12.4. The fraction of sp³-hybridized carbons (Fsp3) is 0.0909. The van der Waals surface area contributed by atoms with Crippen LogP contribution in [-0.2, 0) is 0 Å². The Morgan fingerprint density at radius 1 is 1.00 bits per heavy atom. The molecule has 0 aliphatic heterocycles. The first-order valence-electron chi connectivity index (χ1n) is 5.02. The Kier molecular flexibility index (Phi) is 2.18. The Bertz CT molecular complexity index is 646. The molecule has 0 fully saturated rings. The van der Waals surface area contributed by atoms with Crippen LogP contribution in [0.4, 0.5) is 0 Å². The van der Waals surface area contributed by atoms with Gasteiger partial charge < -0.3 is 4.74 Å². The van der Waals surface area contributed by atoms with Crippen molar-refractivity contribution in [2.75, 3.05) is 7.11 Å². The van der Waals surface area contributed by atoms with E-state index in [9.17, 15) is 0 Å². The molecule has 3 heterocycles. The molecule has 0 radical (unpaired) electrons. The number of pyridine rings is 1. The van der Waals surface area contributed by atoms with E-state index in [0.717, 1.165) is 22.2 Å². The van der Waals surface area contributed by atoms with Gasteiger partial charge in [0.25, 0.3) is 0 Å². The second kappa shape index (κ2) is 3.82. The molecule has 3 aromatic rings. The third-order valence-electron chi connectivity index (χ3n) is 2.44. The summed E-state index contributed by atoms with van der Waals surface area (Å²) in [6, 6.07) is 2.34. The van der Waals surface area contributed by atoms with Crippen LogP contribution in [0.1, 0.15) is 0 Å². The van der Waals surface area contributed by atoms with Crippen LogP contribution in [0.15, 0.2) is 30.9 Å².